The van der Waals surface area contributed by atoms with Crippen LogP contribution in [0.4, 0.5) is 5.69 Å². The Hall–Kier alpha value is -1.91. The van der Waals surface area contributed by atoms with E-state index < -0.39 is 0 Å². The lowest BCUT2D eigenvalue weighted by Crippen LogP contribution is -2.28. The van der Waals surface area contributed by atoms with Crippen LogP contribution in [0.3, 0.4) is 0 Å². The maximum Gasteiger partial charge on any atom is 0.253 e. The Bertz CT molecular complexity index is 484. The maximum atomic E-state index is 12.1. The van der Waals surface area contributed by atoms with Gasteiger partial charge in [-0.2, -0.15) is 0 Å². The summed E-state index contributed by atoms with van der Waals surface area (Å²) in [5.74, 6) is 1.64. The van der Waals surface area contributed by atoms with E-state index in [4.69, 9.17) is 15.2 Å². The molecule has 1 amide bonds. The SMILES string of the molecule is COc1cc(N)c(C(=O)NCCC2CCC2)cc1OC. The lowest BCUT2D eigenvalue weighted by atomic mass is 9.83. The zero-order chi connectivity index (χ0) is 14.5. The number of benzene rings is 1. The molecule has 0 bridgehead atoms. The van der Waals surface area contributed by atoms with Crippen LogP contribution < -0.4 is 20.5 Å². The smallest absolute Gasteiger partial charge is 0.253 e. The fraction of sp³-hybridized carbons (Fsp3) is 0.533. The Kier molecular flexibility index (Phi) is 4.71. The number of hydrogen-bond donors (Lipinski definition) is 2. The van der Waals surface area contributed by atoms with E-state index in [1.807, 2.05) is 0 Å². The highest BCUT2D eigenvalue weighted by Gasteiger charge is 2.18. The first-order valence-electron chi connectivity index (χ1n) is 6.95. The molecule has 0 heterocycles. The highest BCUT2D eigenvalue weighted by molar-refractivity contribution is 6.00. The summed E-state index contributed by atoms with van der Waals surface area (Å²) in [6, 6.07) is 3.23. The molecule has 110 valence electrons. The zero-order valence-corrected chi connectivity index (χ0v) is 12.1. The van der Waals surface area contributed by atoms with Crippen molar-refractivity contribution in [3.05, 3.63) is 17.7 Å². The summed E-state index contributed by atoms with van der Waals surface area (Å²) in [4.78, 5) is 12.1. The average Bonchev–Trinajstić information content (AvgIpc) is 2.40. The highest BCUT2D eigenvalue weighted by Crippen LogP contribution is 2.32. The van der Waals surface area contributed by atoms with Gasteiger partial charge in [0.15, 0.2) is 11.5 Å². The molecule has 20 heavy (non-hydrogen) atoms. The topological polar surface area (TPSA) is 73.6 Å². The van der Waals surface area contributed by atoms with Gasteiger partial charge in [-0.05, 0) is 18.4 Å². The number of amides is 1. The molecule has 3 N–H and O–H groups in total. The summed E-state index contributed by atoms with van der Waals surface area (Å²) in [5, 5.41) is 2.91. The van der Waals surface area contributed by atoms with Gasteiger partial charge in [-0.25, -0.2) is 0 Å². The first kappa shape index (κ1) is 14.5. The molecule has 0 saturated heterocycles. The van der Waals surface area contributed by atoms with Gasteiger partial charge >= 0.3 is 0 Å². The molecule has 5 heteroatoms. The molecule has 1 aromatic carbocycles. The highest BCUT2D eigenvalue weighted by atomic mass is 16.5. The maximum absolute atomic E-state index is 12.1. The summed E-state index contributed by atoms with van der Waals surface area (Å²) in [7, 11) is 3.07. The summed E-state index contributed by atoms with van der Waals surface area (Å²) in [6.45, 7) is 0.692. The van der Waals surface area contributed by atoms with Crippen LogP contribution in [0.1, 0.15) is 36.0 Å². The van der Waals surface area contributed by atoms with E-state index >= 15 is 0 Å². The first-order valence-corrected chi connectivity index (χ1v) is 6.95. The van der Waals surface area contributed by atoms with Gasteiger partial charge in [-0.1, -0.05) is 19.3 Å². The number of nitrogens with one attached hydrogen (secondary N) is 1. The van der Waals surface area contributed by atoms with Crippen LogP contribution in [0.15, 0.2) is 12.1 Å². The van der Waals surface area contributed by atoms with Gasteiger partial charge in [-0.15, -0.1) is 0 Å². The molecule has 0 unspecified atom stereocenters. The molecule has 0 aliphatic heterocycles. The van der Waals surface area contributed by atoms with Crippen molar-refractivity contribution in [2.45, 2.75) is 25.7 Å². The standard InChI is InChI=1S/C15H22N2O3/c1-19-13-8-11(12(16)9-14(13)20-2)15(18)17-7-6-10-4-3-5-10/h8-10H,3-7,16H2,1-2H3,(H,17,18). The van der Waals surface area contributed by atoms with Gasteiger partial charge in [0.2, 0.25) is 0 Å². The fourth-order valence-electron chi connectivity index (χ4n) is 2.36. The van der Waals surface area contributed by atoms with Crippen molar-refractivity contribution in [1.29, 1.82) is 0 Å². The van der Waals surface area contributed by atoms with Crippen molar-refractivity contribution < 1.29 is 14.3 Å². The largest absolute Gasteiger partial charge is 0.493 e. The second-order valence-electron chi connectivity index (χ2n) is 5.14. The van der Waals surface area contributed by atoms with E-state index in [0.717, 1.165) is 12.3 Å². The summed E-state index contributed by atoms with van der Waals surface area (Å²) < 4.78 is 10.3. The van der Waals surface area contributed by atoms with Gasteiger partial charge in [-0.3, -0.25) is 4.79 Å². The first-order chi connectivity index (χ1) is 9.65. The Morgan fingerprint density at radius 1 is 1.30 bits per heavy atom. The monoisotopic (exact) mass is 278 g/mol. The molecule has 1 aromatic rings. The summed E-state index contributed by atoms with van der Waals surface area (Å²) in [5.41, 5.74) is 6.71. The fourth-order valence-corrected chi connectivity index (χ4v) is 2.36. The van der Waals surface area contributed by atoms with Crippen LogP contribution in [-0.4, -0.2) is 26.7 Å². The van der Waals surface area contributed by atoms with Gasteiger partial charge < -0.3 is 20.5 Å². The number of carbonyl (C=O) groups is 1. The summed E-state index contributed by atoms with van der Waals surface area (Å²) in [6.07, 6.45) is 4.93. The predicted octanol–water partition coefficient (Wildman–Crippen LogP) is 2.21. The second-order valence-corrected chi connectivity index (χ2v) is 5.14. The van der Waals surface area contributed by atoms with Crippen LogP contribution in [0.25, 0.3) is 0 Å². The van der Waals surface area contributed by atoms with Gasteiger partial charge in [0.05, 0.1) is 19.8 Å². The number of nitrogen functional groups attached to an aromatic ring is 1. The van der Waals surface area contributed by atoms with E-state index in [1.54, 1.807) is 12.1 Å². The molecule has 2 rings (SSSR count). The minimum atomic E-state index is -0.164. The van der Waals surface area contributed by atoms with E-state index in [2.05, 4.69) is 5.32 Å². The zero-order valence-electron chi connectivity index (χ0n) is 12.1. The number of carbonyl (C=O) groups excluding carboxylic acids is 1. The molecular weight excluding hydrogens is 256 g/mol. The average molecular weight is 278 g/mol. The van der Waals surface area contributed by atoms with E-state index in [1.165, 1.54) is 33.5 Å². The van der Waals surface area contributed by atoms with Crippen molar-refractivity contribution in [2.75, 3.05) is 26.5 Å². The molecule has 1 aliphatic carbocycles. The van der Waals surface area contributed by atoms with Crippen molar-refractivity contribution in [3.63, 3.8) is 0 Å². The minimum absolute atomic E-state index is 0.164. The van der Waals surface area contributed by atoms with Gasteiger partial charge in [0, 0.05) is 18.3 Å². The normalized spacial score (nSPS) is 14.5. The van der Waals surface area contributed by atoms with Crippen LogP contribution in [0, 0.1) is 5.92 Å². The third kappa shape index (κ3) is 3.15. The number of ether oxygens (including phenoxy) is 2. The lowest BCUT2D eigenvalue weighted by Gasteiger charge is -2.25. The Balaban J connectivity index is 2.00. The van der Waals surface area contributed by atoms with E-state index in [0.29, 0.717) is 29.3 Å². The van der Waals surface area contributed by atoms with Gasteiger partial charge in [0.1, 0.15) is 0 Å². The lowest BCUT2D eigenvalue weighted by molar-refractivity contribution is 0.0949. The summed E-state index contributed by atoms with van der Waals surface area (Å²) >= 11 is 0. The van der Waals surface area contributed by atoms with Crippen molar-refractivity contribution in [3.8, 4) is 11.5 Å². The van der Waals surface area contributed by atoms with Crippen molar-refractivity contribution >= 4 is 11.6 Å². The molecule has 1 aliphatic rings. The molecule has 0 atom stereocenters. The Labute approximate surface area is 119 Å². The number of anilines is 1. The molecule has 1 fully saturated rings. The minimum Gasteiger partial charge on any atom is -0.493 e. The van der Waals surface area contributed by atoms with Crippen LogP contribution >= 0.6 is 0 Å². The van der Waals surface area contributed by atoms with Gasteiger partial charge in [0.25, 0.3) is 5.91 Å². The van der Waals surface area contributed by atoms with Crippen LogP contribution in [0.5, 0.6) is 11.5 Å². The number of methoxy groups -OCH3 is 2. The number of rotatable bonds is 6. The number of hydrogen-bond acceptors (Lipinski definition) is 4. The van der Waals surface area contributed by atoms with Crippen LogP contribution in [-0.2, 0) is 0 Å². The third-order valence-corrected chi connectivity index (χ3v) is 3.86. The molecule has 5 nitrogen and oxygen atoms in total. The Morgan fingerprint density at radius 2 is 1.95 bits per heavy atom. The number of nitrogens with two attached hydrogens (primary N) is 1. The molecular formula is C15H22N2O3. The Morgan fingerprint density at radius 3 is 2.50 bits per heavy atom. The molecule has 0 aromatic heterocycles. The second kappa shape index (κ2) is 6.50. The van der Waals surface area contributed by atoms with E-state index in [-0.39, 0.29) is 5.91 Å². The van der Waals surface area contributed by atoms with Crippen molar-refractivity contribution in [2.24, 2.45) is 5.92 Å². The van der Waals surface area contributed by atoms with Crippen LogP contribution in [0.2, 0.25) is 0 Å². The van der Waals surface area contributed by atoms with E-state index in [9.17, 15) is 4.79 Å². The third-order valence-electron chi connectivity index (χ3n) is 3.86. The molecule has 0 radical (unpaired) electrons. The molecule has 0 spiro atoms. The molecule has 1 saturated carbocycles. The van der Waals surface area contributed by atoms with Crippen molar-refractivity contribution in [1.82, 2.24) is 5.32 Å². The quantitative estimate of drug-likeness (QED) is 0.782. The predicted molar refractivity (Wildman–Crippen MR) is 78.2 cm³/mol.